The van der Waals surface area contributed by atoms with E-state index in [9.17, 15) is 22.4 Å². The Morgan fingerprint density at radius 1 is 0.844 bits per heavy atom. The molecule has 2 heterocycles. The van der Waals surface area contributed by atoms with E-state index in [2.05, 4.69) is 15.5 Å². The fourth-order valence-corrected chi connectivity index (χ4v) is 3.35. The van der Waals surface area contributed by atoms with Crippen LogP contribution in [0.2, 0.25) is 0 Å². The highest BCUT2D eigenvalue weighted by molar-refractivity contribution is 5.89. The number of alkyl halides is 3. The number of carbonyl (C=O) groups is 1. The molecule has 1 N–H and O–H groups in total. The summed E-state index contributed by atoms with van der Waals surface area (Å²) in [6, 6.07) is 13.6. The van der Waals surface area contributed by atoms with Crippen molar-refractivity contribution in [1.82, 2.24) is 15.1 Å². The summed E-state index contributed by atoms with van der Waals surface area (Å²) >= 11 is 0. The van der Waals surface area contributed by atoms with E-state index in [-0.39, 0.29) is 11.8 Å². The lowest BCUT2D eigenvalue weighted by Gasteiger charge is -2.35. The first kappa shape index (κ1) is 21.5. The third-order valence-corrected chi connectivity index (χ3v) is 5.14. The van der Waals surface area contributed by atoms with E-state index in [0.717, 1.165) is 17.7 Å². The average Bonchev–Trinajstić information content (AvgIpc) is 2.80. The lowest BCUT2D eigenvalue weighted by Crippen LogP contribution is -2.50. The molecule has 0 unspecified atom stereocenters. The molecule has 1 aliphatic rings. The third-order valence-electron chi connectivity index (χ3n) is 5.14. The second-order valence-corrected chi connectivity index (χ2v) is 7.26. The van der Waals surface area contributed by atoms with Crippen LogP contribution in [-0.4, -0.2) is 47.3 Å². The maximum atomic E-state index is 13.1. The molecule has 1 fully saturated rings. The van der Waals surface area contributed by atoms with Crippen LogP contribution in [0.3, 0.4) is 0 Å². The van der Waals surface area contributed by atoms with Gasteiger partial charge in [0.05, 0.1) is 11.3 Å². The summed E-state index contributed by atoms with van der Waals surface area (Å²) in [6.07, 6.45) is -4.42. The Kier molecular flexibility index (Phi) is 5.93. The van der Waals surface area contributed by atoms with Gasteiger partial charge in [-0.2, -0.15) is 13.2 Å². The van der Waals surface area contributed by atoms with E-state index in [1.54, 1.807) is 23.1 Å². The summed E-state index contributed by atoms with van der Waals surface area (Å²) in [4.78, 5) is 16.0. The molecular formula is C22H19F4N5O. The van der Waals surface area contributed by atoms with Crippen molar-refractivity contribution in [2.45, 2.75) is 6.18 Å². The molecule has 0 aliphatic carbocycles. The van der Waals surface area contributed by atoms with Crippen LogP contribution in [0.25, 0.3) is 11.3 Å². The van der Waals surface area contributed by atoms with Gasteiger partial charge in [-0.1, -0.05) is 0 Å². The van der Waals surface area contributed by atoms with Gasteiger partial charge in [-0.3, -0.25) is 0 Å². The summed E-state index contributed by atoms with van der Waals surface area (Å²) in [5.74, 6) is 0.345. The first-order valence-electron chi connectivity index (χ1n) is 9.87. The number of carbonyl (C=O) groups excluding carboxylic acids is 1. The summed E-state index contributed by atoms with van der Waals surface area (Å²) in [6.45, 7) is 1.91. The number of benzene rings is 2. The Morgan fingerprint density at radius 2 is 1.50 bits per heavy atom. The number of piperazine rings is 1. The van der Waals surface area contributed by atoms with Gasteiger partial charge in [0.15, 0.2) is 5.82 Å². The highest BCUT2D eigenvalue weighted by Gasteiger charge is 2.30. The number of hydrogen-bond donors (Lipinski definition) is 1. The fourth-order valence-electron chi connectivity index (χ4n) is 3.35. The van der Waals surface area contributed by atoms with Gasteiger partial charge < -0.3 is 15.1 Å². The number of amides is 2. The highest BCUT2D eigenvalue weighted by atomic mass is 19.4. The third kappa shape index (κ3) is 4.96. The van der Waals surface area contributed by atoms with E-state index in [0.29, 0.717) is 43.4 Å². The van der Waals surface area contributed by atoms with Crippen LogP contribution in [0.1, 0.15) is 5.56 Å². The zero-order chi connectivity index (χ0) is 22.7. The van der Waals surface area contributed by atoms with Crippen molar-refractivity contribution in [1.29, 1.82) is 0 Å². The molecule has 6 nitrogen and oxygen atoms in total. The van der Waals surface area contributed by atoms with Gasteiger partial charge in [-0.25, -0.2) is 9.18 Å². The van der Waals surface area contributed by atoms with Gasteiger partial charge in [-0.15, -0.1) is 10.2 Å². The Labute approximate surface area is 181 Å². The molecule has 1 aliphatic heterocycles. The topological polar surface area (TPSA) is 61.4 Å². The van der Waals surface area contributed by atoms with Crippen LogP contribution < -0.4 is 10.2 Å². The predicted octanol–water partition coefficient (Wildman–Crippen LogP) is 4.66. The number of halogens is 4. The second kappa shape index (κ2) is 8.81. The lowest BCUT2D eigenvalue weighted by molar-refractivity contribution is -0.137. The Morgan fingerprint density at radius 3 is 2.06 bits per heavy atom. The van der Waals surface area contributed by atoms with E-state index in [4.69, 9.17) is 0 Å². The molecule has 0 bridgehead atoms. The van der Waals surface area contributed by atoms with Crippen molar-refractivity contribution in [2.75, 3.05) is 36.4 Å². The van der Waals surface area contributed by atoms with Crippen LogP contribution in [0.5, 0.6) is 0 Å². The highest BCUT2D eigenvalue weighted by Crippen LogP contribution is 2.30. The van der Waals surface area contributed by atoms with Crippen LogP contribution in [0, 0.1) is 5.82 Å². The van der Waals surface area contributed by atoms with Crippen molar-refractivity contribution in [3.05, 3.63) is 72.0 Å². The minimum atomic E-state index is -4.42. The average molecular weight is 445 g/mol. The van der Waals surface area contributed by atoms with Crippen LogP contribution in [0.4, 0.5) is 33.9 Å². The molecule has 32 heavy (non-hydrogen) atoms. The number of hydrogen-bond acceptors (Lipinski definition) is 4. The number of anilines is 2. The van der Waals surface area contributed by atoms with Gasteiger partial charge in [0.25, 0.3) is 0 Å². The zero-order valence-corrected chi connectivity index (χ0v) is 16.8. The van der Waals surface area contributed by atoms with E-state index in [1.165, 1.54) is 24.3 Å². The molecule has 0 atom stereocenters. The molecule has 0 radical (unpaired) electrons. The molecule has 10 heteroatoms. The van der Waals surface area contributed by atoms with Gasteiger partial charge >= 0.3 is 12.2 Å². The van der Waals surface area contributed by atoms with Crippen molar-refractivity contribution < 1.29 is 22.4 Å². The maximum Gasteiger partial charge on any atom is 0.416 e. The van der Waals surface area contributed by atoms with Crippen molar-refractivity contribution in [3.8, 4) is 11.3 Å². The molecule has 1 aromatic heterocycles. The molecule has 1 saturated heterocycles. The molecule has 0 saturated carbocycles. The standard InChI is InChI=1S/C22H19F4N5O/c23-17-5-1-15(2-6-17)19-9-10-20(29-28-19)30-11-13-31(14-12-30)21(32)27-18-7-3-16(4-8-18)22(24,25)26/h1-10H,11-14H2,(H,27,32). The van der Waals surface area contributed by atoms with Gasteiger partial charge in [0.2, 0.25) is 0 Å². The van der Waals surface area contributed by atoms with Crippen molar-refractivity contribution >= 4 is 17.5 Å². The van der Waals surface area contributed by atoms with Crippen molar-refractivity contribution in [3.63, 3.8) is 0 Å². The molecule has 4 rings (SSSR count). The molecule has 2 aromatic carbocycles. The molecule has 166 valence electrons. The fraction of sp³-hybridized carbons (Fsp3) is 0.227. The molecule has 2 amide bonds. The number of nitrogens with one attached hydrogen (secondary N) is 1. The Hall–Kier alpha value is -3.69. The first-order valence-corrected chi connectivity index (χ1v) is 9.87. The van der Waals surface area contributed by atoms with Crippen LogP contribution in [0.15, 0.2) is 60.7 Å². The Bertz CT molecular complexity index is 1060. The monoisotopic (exact) mass is 445 g/mol. The van der Waals surface area contributed by atoms with Gasteiger partial charge in [0.1, 0.15) is 5.82 Å². The smallest absolute Gasteiger partial charge is 0.352 e. The van der Waals surface area contributed by atoms with Gasteiger partial charge in [0, 0.05) is 37.4 Å². The van der Waals surface area contributed by atoms with E-state index in [1.807, 2.05) is 11.0 Å². The number of nitrogens with zero attached hydrogens (tertiary/aromatic N) is 4. The normalized spacial score (nSPS) is 14.4. The quantitative estimate of drug-likeness (QED) is 0.596. The predicted molar refractivity (Wildman–Crippen MR) is 112 cm³/mol. The first-order chi connectivity index (χ1) is 15.3. The maximum absolute atomic E-state index is 13.1. The summed E-state index contributed by atoms with van der Waals surface area (Å²) < 4.78 is 51.0. The van der Waals surface area contributed by atoms with E-state index < -0.39 is 11.7 Å². The summed E-state index contributed by atoms with van der Waals surface area (Å²) in [5, 5.41) is 11.1. The van der Waals surface area contributed by atoms with Crippen LogP contribution in [-0.2, 0) is 6.18 Å². The summed E-state index contributed by atoms with van der Waals surface area (Å²) in [7, 11) is 0. The van der Waals surface area contributed by atoms with Crippen molar-refractivity contribution in [2.24, 2.45) is 0 Å². The van der Waals surface area contributed by atoms with Crippen LogP contribution >= 0.6 is 0 Å². The number of rotatable bonds is 3. The minimum Gasteiger partial charge on any atom is -0.352 e. The largest absolute Gasteiger partial charge is 0.416 e. The number of aromatic nitrogens is 2. The van der Waals surface area contributed by atoms with E-state index >= 15 is 0 Å². The lowest BCUT2D eigenvalue weighted by atomic mass is 10.1. The minimum absolute atomic E-state index is 0.299. The number of urea groups is 1. The Balaban J connectivity index is 1.31. The second-order valence-electron chi connectivity index (χ2n) is 7.26. The molecule has 0 spiro atoms. The summed E-state index contributed by atoms with van der Waals surface area (Å²) in [5.41, 5.74) is 0.918. The molecular weight excluding hydrogens is 426 g/mol. The zero-order valence-electron chi connectivity index (χ0n) is 16.8. The van der Waals surface area contributed by atoms with Gasteiger partial charge in [-0.05, 0) is 60.7 Å². The SMILES string of the molecule is O=C(Nc1ccc(C(F)(F)F)cc1)N1CCN(c2ccc(-c3ccc(F)cc3)nn2)CC1. The molecule has 3 aromatic rings.